The van der Waals surface area contributed by atoms with E-state index in [1.165, 1.54) is 0 Å². The van der Waals surface area contributed by atoms with E-state index in [0.29, 0.717) is 28.1 Å². The summed E-state index contributed by atoms with van der Waals surface area (Å²) in [5.41, 5.74) is 9.76. The number of anilines is 1. The average Bonchev–Trinajstić information content (AvgIpc) is 3.35. The summed E-state index contributed by atoms with van der Waals surface area (Å²) in [5, 5.41) is 15.3. The number of pyridine rings is 1. The Labute approximate surface area is 190 Å². The summed E-state index contributed by atoms with van der Waals surface area (Å²) in [5.74, 6) is 1.31. The lowest BCUT2D eigenvalue weighted by atomic mass is 9.75. The van der Waals surface area contributed by atoms with Gasteiger partial charge in [0.05, 0.1) is 23.3 Å². The summed E-state index contributed by atoms with van der Waals surface area (Å²) >= 11 is 12.8. The third kappa shape index (κ3) is 3.39. The molecule has 2 aromatic heterocycles. The molecule has 2 saturated heterocycles. The zero-order chi connectivity index (χ0) is 21.8. The van der Waals surface area contributed by atoms with Gasteiger partial charge in [0.25, 0.3) is 0 Å². The van der Waals surface area contributed by atoms with Crippen LogP contribution in [0.25, 0.3) is 16.8 Å². The fraction of sp³-hybridized carbons (Fsp3) is 0.455. The lowest BCUT2D eigenvalue weighted by Crippen LogP contribution is -2.49. The first kappa shape index (κ1) is 21.0. The number of hydrogen-bond acceptors (Lipinski definition) is 6. The molecule has 2 aliphatic heterocycles. The second-order valence-corrected chi connectivity index (χ2v) is 9.34. The van der Waals surface area contributed by atoms with Crippen LogP contribution in [-0.2, 0) is 11.3 Å². The number of aliphatic hydroxyl groups excluding tert-OH is 1. The molecule has 31 heavy (non-hydrogen) atoms. The van der Waals surface area contributed by atoms with Gasteiger partial charge in [-0.3, -0.25) is 0 Å². The highest BCUT2D eigenvalue weighted by molar-refractivity contribution is 6.43. The first-order chi connectivity index (χ1) is 14.9. The molecule has 0 saturated carbocycles. The van der Waals surface area contributed by atoms with Crippen molar-refractivity contribution in [2.45, 2.75) is 32.4 Å². The molecule has 3 N–H and O–H groups in total. The number of aromatic nitrogens is 3. The minimum Gasteiger partial charge on any atom is -0.388 e. The van der Waals surface area contributed by atoms with E-state index >= 15 is 0 Å². The number of ether oxygens (including phenoxy) is 1. The summed E-state index contributed by atoms with van der Waals surface area (Å²) < 4.78 is 7.48. The van der Waals surface area contributed by atoms with Crippen LogP contribution in [0.2, 0.25) is 10.0 Å². The van der Waals surface area contributed by atoms with Crippen LogP contribution >= 0.6 is 23.2 Å². The molecule has 0 amide bonds. The van der Waals surface area contributed by atoms with E-state index in [4.69, 9.17) is 33.7 Å². The van der Waals surface area contributed by atoms with Crippen molar-refractivity contribution in [3.05, 3.63) is 45.7 Å². The van der Waals surface area contributed by atoms with Crippen molar-refractivity contribution >= 4 is 34.7 Å². The van der Waals surface area contributed by atoms with E-state index in [0.717, 1.165) is 55.0 Å². The van der Waals surface area contributed by atoms with Crippen molar-refractivity contribution in [2.75, 3.05) is 31.2 Å². The zero-order valence-electron chi connectivity index (χ0n) is 17.3. The van der Waals surface area contributed by atoms with E-state index in [-0.39, 0.29) is 18.1 Å². The Morgan fingerprint density at radius 1 is 1.29 bits per heavy atom. The lowest BCUT2D eigenvalue weighted by Gasteiger charge is -2.41. The highest BCUT2D eigenvalue weighted by Crippen LogP contribution is 2.42. The van der Waals surface area contributed by atoms with Crippen LogP contribution in [0.5, 0.6) is 0 Å². The van der Waals surface area contributed by atoms with Crippen LogP contribution in [0, 0.1) is 12.3 Å². The highest BCUT2D eigenvalue weighted by atomic mass is 35.5. The number of aryl methyl sites for hydroxylation is 1. The number of hydrogen-bond donors (Lipinski definition) is 2. The maximum atomic E-state index is 9.71. The summed E-state index contributed by atoms with van der Waals surface area (Å²) in [6.45, 7) is 4.89. The molecule has 1 atom stereocenters. The standard InChI is InChI=1S/C22H25Cl2N5O2/c1-13-9-18(28-7-5-22(6-8-28)12-31-11-16(22)25)29-21(26-17(10-30)27-29)19(13)14-3-2-4-15(23)20(14)24/h2-4,9,16,30H,5-8,10-12,25H2,1H3/t16-/m1/s1. The van der Waals surface area contributed by atoms with Crippen LogP contribution in [0.1, 0.15) is 24.2 Å². The zero-order valence-corrected chi connectivity index (χ0v) is 18.8. The van der Waals surface area contributed by atoms with Gasteiger partial charge in [0.1, 0.15) is 12.4 Å². The monoisotopic (exact) mass is 461 g/mol. The van der Waals surface area contributed by atoms with Gasteiger partial charge in [-0.1, -0.05) is 35.3 Å². The summed E-state index contributed by atoms with van der Waals surface area (Å²) in [4.78, 5) is 6.93. The number of piperidine rings is 1. The second kappa shape index (κ2) is 7.90. The number of halogens is 2. The van der Waals surface area contributed by atoms with Gasteiger partial charge in [-0.25, -0.2) is 4.98 Å². The number of benzene rings is 1. The molecule has 164 valence electrons. The van der Waals surface area contributed by atoms with Gasteiger partial charge in [0.15, 0.2) is 11.5 Å². The summed E-state index contributed by atoms with van der Waals surface area (Å²) in [6, 6.07) is 7.76. The highest BCUT2D eigenvalue weighted by Gasteiger charge is 2.44. The van der Waals surface area contributed by atoms with Crippen LogP contribution in [0.3, 0.4) is 0 Å². The molecular weight excluding hydrogens is 437 g/mol. The van der Waals surface area contributed by atoms with Crippen molar-refractivity contribution < 1.29 is 9.84 Å². The maximum absolute atomic E-state index is 9.71. The fourth-order valence-electron chi connectivity index (χ4n) is 4.87. The van der Waals surface area contributed by atoms with Crippen LogP contribution in [0.4, 0.5) is 5.82 Å². The van der Waals surface area contributed by atoms with Crippen LogP contribution in [-0.4, -0.2) is 52.0 Å². The molecule has 1 spiro atoms. The first-order valence-electron chi connectivity index (χ1n) is 10.5. The van der Waals surface area contributed by atoms with Crippen molar-refractivity contribution in [1.82, 2.24) is 14.6 Å². The van der Waals surface area contributed by atoms with Gasteiger partial charge in [-0.05, 0) is 37.5 Å². The summed E-state index contributed by atoms with van der Waals surface area (Å²) in [6.07, 6.45) is 1.94. The Kier molecular flexibility index (Phi) is 5.35. The quantitative estimate of drug-likeness (QED) is 0.620. The maximum Gasteiger partial charge on any atom is 0.177 e. The van der Waals surface area contributed by atoms with E-state index in [1.54, 1.807) is 6.07 Å². The molecular formula is C22H25Cl2N5O2. The van der Waals surface area contributed by atoms with Crippen LogP contribution < -0.4 is 10.6 Å². The molecule has 5 rings (SSSR count). The predicted molar refractivity (Wildman–Crippen MR) is 122 cm³/mol. The topological polar surface area (TPSA) is 88.9 Å². The van der Waals surface area contributed by atoms with Crippen molar-refractivity contribution in [2.24, 2.45) is 11.1 Å². The normalized spacial score (nSPS) is 20.8. The molecule has 4 heterocycles. The van der Waals surface area contributed by atoms with E-state index in [2.05, 4.69) is 21.0 Å². The number of nitrogens with zero attached hydrogens (tertiary/aromatic N) is 4. The fourth-order valence-corrected chi connectivity index (χ4v) is 5.27. The Morgan fingerprint density at radius 2 is 2.06 bits per heavy atom. The third-order valence-corrected chi connectivity index (χ3v) is 7.57. The molecule has 0 radical (unpaired) electrons. The van der Waals surface area contributed by atoms with E-state index < -0.39 is 0 Å². The van der Waals surface area contributed by atoms with Gasteiger partial charge in [-0.15, -0.1) is 5.10 Å². The molecule has 7 nitrogen and oxygen atoms in total. The van der Waals surface area contributed by atoms with E-state index in [1.807, 2.05) is 23.6 Å². The number of fused-ring (bicyclic) bond motifs is 1. The first-order valence-corrected chi connectivity index (χ1v) is 11.2. The second-order valence-electron chi connectivity index (χ2n) is 8.55. The molecule has 0 aliphatic carbocycles. The molecule has 0 unspecified atom stereocenters. The Hall–Kier alpha value is -1.90. The Morgan fingerprint density at radius 3 is 2.74 bits per heavy atom. The number of nitrogens with two attached hydrogens (primary N) is 1. The van der Waals surface area contributed by atoms with Gasteiger partial charge in [-0.2, -0.15) is 4.52 Å². The molecule has 9 heteroatoms. The van der Waals surface area contributed by atoms with E-state index in [9.17, 15) is 5.11 Å². The molecule has 0 bridgehead atoms. The smallest absolute Gasteiger partial charge is 0.177 e. The molecule has 1 aromatic carbocycles. The number of rotatable bonds is 3. The van der Waals surface area contributed by atoms with Gasteiger partial charge in [0, 0.05) is 35.7 Å². The van der Waals surface area contributed by atoms with Crippen molar-refractivity contribution in [3.63, 3.8) is 0 Å². The molecule has 3 aromatic rings. The average molecular weight is 462 g/mol. The van der Waals surface area contributed by atoms with Gasteiger partial charge in [0.2, 0.25) is 0 Å². The number of aliphatic hydroxyl groups is 1. The minimum atomic E-state index is -0.238. The lowest BCUT2D eigenvalue weighted by molar-refractivity contribution is 0.131. The predicted octanol–water partition coefficient (Wildman–Crippen LogP) is 3.45. The summed E-state index contributed by atoms with van der Waals surface area (Å²) in [7, 11) is 0. The van der Waals surface area contributed by atoms with Crippen molar-refractivity contribution in [3.8, 4) is 11.1 Å². The van der Waals surface area contributed by atoms with Crippen LogP contribution in [0.15, 0.2) is 24.3 Å². The largest absolute Gasteiger partial charge is 0.388 e. The Bertz CT molecular complexity index is 1140. The molecule has 2 aliphatic rings. The third-order valence-electron chi connectivity index (χ3n) is 6.75. The van der Waals surface area contributed by atoms with Gasteiger partial charge >= 0.3 is 0 Å². The minimum absolute atomic E-state index is 0.0670. The van der Waals surface area contributed by atoms with Crippen molar-refractivity contribution in [1.29, 1.82) is 0 Å². The van der Waals surface area contributed by atoms with Gasteiger partial charge < -0.3 is 20.5 Å². The Balaban J connectivity index is 1.60. The SMILES string of the molecule is Cc1cc(N2CCC3(CC2)COC[C@H]3N)n2nc(CO)nc2c1-c1cccc(Cl)c1Cl. The molecule has 2 fully saturated rings.